The van der Waals surface area contributed by atoms with Gasteiger partial charge < -0.3 is 21.1 Å². The molecule has 4 N–H and O–H groups in total. The first-order valence-corrected chi connectivity index (χ1v) is 6.42. The minimum absolute atomic E-state index is 0.0338. The fourth-order valence-corrected chi connectivity index (χ4v) is 1.31. The molecule has 0 unspecified atom stereocenters. The number of thiocarbonyl (C=S) groups is 1. The molecule has 0 spiro atoms. The van der Waals surface area contributed by atoms with Crippen LogP contribution in [-0.4, -0.2) is 43.1 Å². The molecule has 0 atom stereocenters. The predicted molar refractivity (Wildman–Crippen MR) is 71.0 cm³/mol. The lowest BCUT2D eigenvalue weighted by Crippen LogP contribution is -2.43. The summed E-state index contributed by atoms with van der Waals surface area (Å²) in [6.45, 7) is 1.86. The zero-order chi connectivity index (χ0) is 13.4. The van der Waals surface area contributed by atoms with Crippen LogP contribution in [0.2, 0.25) is 0 Å². The molecule has 0 radical (unpaired) electrons. The molecule has 6 nitrogen and oxygen atoms in total. The van der Waals surface area contributed by atoms with Gasteiger partial charge in [-0.05, 0) is 25.2 Å². The zero-order valence-electron chi connectivity index (χ0n) is 10.2. The molecule has 0 aliphatic heterocycles. The summed E-state index contributed by atoms with van der Waals surface area (Å²) in [5.74, 6) is -0.652. The molecule has 1 aliphatic rings. The van der Waals surface area contributed by atoms with Crippen LogP contribution in [0.5, 0.6) is 0 Å². The molecule has 0 heterocycles. The number of amides is 2. The first kappa shape index (κ1) is 14.8. The lowest BCUT2D eigenvalue weighted by atomic mass is 10.4. The van der Waals surface area contributed by atoms with Crippen LogP contribution in [0, 0.1) is 5.92 Å². The average molecular weight is 273 g/mol. The third-order valence-electron chi connectivity index (χ3n) is 2.43. The minimum atomic E-state index is -0.721. The summed E-state index contributed by atoms with van der Waals surface area (Å²) in [6, 6.07) is 0. The molecule has 7 heteroatoms. The van der Waals surface area contributed by atoms with E-state index in [-0.39, 0.29) is 11.5 Å². The van der Waals surface area contributed by atoms with E-state index in [1.807, 2.05) is 0 Å². The largest absolute Gasteiger partial charge is 0.392 e. The van der Waals surface area contributed by atoms with E-state index in [1.165, 1.54) is 12.8 Å². The maximum Gasteiger partial charge on any atom is 0.309 e. The number of carbonyl (C=O) groups excluding carboxylic acids is 2. The Labute approximate surface area is 112 Å². The Balaban J connectivity index is 1.94. The van der Waals surface area contributed by atoms with E-state index in [0.717, 1.165) is 12.5 Å². The highest BCUT2D eigenvalue weighted by Crippen LogP contribution is 2.28. The normalized spacial score (nSPS) is 14.0. The molecular formula is C11H19N3O3S. The average Bonchev–Trinajstić information content (AvgIpc) is 3.14. The molecule has 102 valence electrons. The Morgan fingerprint density at radius 1 is 1.28 bits per heavy atom. The van der Waals surface area contributed by atoms with Crippen molar-refractivity contribution in [1.29, 1.82) is 0 Å². The molecule has 0 saturated heterocycles. The van der Waals surface area contributed by atoms with Crippen molar-refractivity contribution in [3.05, 3.63) is 0 Å². The van der Waals surface area contributed by atoms with Crippen molar-refractivity contribution in [2.45, 2.75) is 19.3 Å². The SMILES string of the molecule is NC(=S)CNC(=O)C(=O)NCCCOCC1CC1. The molecule has 18 heavy (non-hydrogen) atoms. The van der Waals surface area contributed by atoms with Gasteiger partial charge in [0.15, 0.2) is 0 Å². The highest BCUT2D eigenvalue weighted by Gasteiger charge is 2.20. The van der Waals surface area contributed by atoms with Gasteiger partial charge >= 0.3 is 11.8 Å². The van der Waals surface area contributed by atoms with E-state index >= 15 is 0 Å². The van der Waals surface area contributed by atoms with E-state index in [1.54, 1.807) is 0 Å². The molecule has 1 aliphatic carbocycles. The number of rotatable bonds is 8. The van der Waals surface area contributed by atoms with Crippen LogP contribution in [0.4, 0.5) is 0 Å². The summed E-state index contributed by atoms with van der Waals surface area (Å²) in [5.41, 5.74) is 5.19. The number of hydrogen-bond acceptors (Lipinski definition) is 4. The summed E-state index contributed by atoms with van der Waals surface area (Å²) in [5, 5.41) is 4.80. The molecule has 1 fully saturated rings. The Hall–Kier alpha value is -1.21. The summed E-state index contributed by atoms with van der Waals surface area (Å²) in [7, 11) is 0. The fraction of sp³-hybridized carbons (Fsp3) is 0.727. The van der Waals surface area contributed by atoms with Crippen molar-refractivity contribution in [3.63, 3.8) is 0 Å². The number of nitrogens with two attached hydrogens (primary N) is 1. The Kier molecular flexibility index (Phi) is 6.59. The van der Waals surface area contributed by atoms with Crippen molar-refractivity contribution in [2.75, 3.05) is 26.3 Å². The molecular weight excluding hydrogens is 254 g/mol. The van der Waals surface area contributed by atoms with Crippen molar-refractivity contribution in [2.24, 2.45) is 11.7 Å². The van der Waals surface area contributed by atoms with E-state index in [9.17, 15) is 9.59 Å². The number of carbonyl (C=O) groups is 2. The second-order valence-electron chi connectivity index (χ2n) is 4.28. The second-order valence-corrected chi connectivity index (χ2v) is 4.80. The minimum Gasteiger partial charge on any atom is -0.392 e. The molecule has 0 aromatic heterocycles. The quantitative estimate of drug-likeness (QED) is 0.309. The van der Waals surface area contributed by atoms with E-state index in [0.29, 0.717) is 19.6 Å². The smallest absolute Gasteiger partial charge is 0.309 e. The highest BCUT2D eigenvalue weighted by atomic mass is 32.1. The van der Waals surface area contributed by atoms with Gasteiger partial charge in [-0.15, -0.1) is 0 Å². The molecule has 1 saturated carbocycles. The Morgan fingerprint density at radius 3 is 2.56 bits per heavy atom. The lowest BCUT2D eigenvalue weighted by Gasteiger charge is -2.06. The Morgan fingerprint density at radius 2 is 1.94 bits per heavy atom. The first-order chi connectivity index (χ1) is 8.59. The van der Waals surface area contributed by atoms with Crippen LogP contribution >= 0.6 is 12.2 Å². The van der Waals surface area contributed by atoms with Gasteiger partial charge in [-0.25, -0.2) is 0 Å². The number of hydrogen-bond donors (Lipinski definition) is 3. The molecule has 0 bridgehead atoms. The van der Waals surface area contributed by atoms with Crippen LogP contribution in [-0.2, 0) is 14.3 Å². The zero-order valence-corrected chi connectivity index (χ0v) is 11.1. The molecule has 2 amide bonds. The van der Waals surface area contributed by atoms with Gasteiger partial charge in [0.05, 0.1) is 11.5 Å². The van der Waals surface area contributed by atoms with Gasteiger partial charge in [-0.3, -0.25) is 9.59 Å². The third-order valence-corrected chi connectivity index (χ3v) is 2.58. The summed E-state index contributed by atoms with van der Waals surface area (Å²) in [6.07, 6.45) is 3.22. The van der Waals surface area contributed by atoms with Crippen LogP contribution < -0.4 is 16.4 Å². The maximum atomic E-state index is 11.3. The van der Waals surface area contributed by atoms with Gasteiger partial charge in [0, 0.05) is 19.8 Å². The van der Waals surface area contributed by atoms with Crippen LogP contribution in [0.25, 0.3) is 0 Å². The lowest BCUT2D eigenvalue weighted by molar-refractivity contribution is -0.139. The van der Waals surface area contributed by atoms with Crippen LogP contribution in [0.15, 0.2) is 0 Å². The van der Waals surface area contributed by atoms with Crippen LogP contribution in [0.3, 0.4) is 0 Å². The molecule has 0 aromatic carbocycles. The summed E-state index contributed by atoms with van der Waals surface area (Å²) >= 11 is 4.58. The van der Waals surface area contributed by atoms with Gasteiger partial charge in [0.2, 0.25) is 0 Å². The van der Waals surface area contributed by atoms with E-state index < -0.39 is 11.8 Å². The topological polar surface area (TPSA) is 93.5 Å². The molecule has 0 aromatic rings. The van der Waals surface area contributed by atoms with Gasteiger partial charge in [0.25, 0.3) is 0 Å². The van der Waals surface area contributed by atoms with Gasteiger partial charge in [-0.2, -0.15) is 0 Å². The highest BCUT2D eigenvalue weighted by molar-refractivity contribution is 7.80. The van der Waals surface area contributed by atoms with Crippen molar-refractivity contribution in [3.8, 4) is 0 Å². The standard InChI is InChI=1S/C11H19N3O3S/c12-9(18)6-14-11(16)10(15)13-4-1-5-17-7-8-2-3-8/h8H,1-7H2,(H2,12,18)(H,13,15)(H,14,16). The first-order valence-electron chi connectivity index (χ1n) is 6.01. The Bertz CT molecular complexity index is 319. The number of nitrogens with one attached hydrogen (secondary N) is 2. The van der Waals surface area contributed by atoms with Crippen molar-refractivity contribution < 1.29 is 14.3 Å². The summed E-state index contributed by atoms with van der Waals surface area (Å²) in [4.78, 5) is 22.6. The van der Waals surface area contributed by atoms with Crippen molar-refractivity contribution in [1.82, 2.24) is 10.6 Å². The van der Waals surface area contributed by atoms with E-state index in [4.69, 9.17) is 10.5 Å². The molecule has 1 rings (SSSR count). The van der Waals surface area contributed by atoms with Crippen molar-refractivity contribution >= 4 is 29.0 Å². The third kappa shape index (κ3) is 7.18. The maximum absolute atomic E-state index is 11.3. The van der Waals surface area contributed by atoms with Gasteiger partial charge in [-0.1, -0.05) is 12.2 Å². The van der Waals surface area contributed by atoms with Gasteiger partial charge in [0.1, 0.15) is 0 Å². The summed E-state index contributed by atoms with van der Waals surface area (Å²) < 4.78 is 5.39. The van der Waals surface area contributed by atoms with Crippen LogP contribution in [0.1, 0.15) is 19.3 Å². The van der Waals surface area contributed by atoms with E-state index in [2.05, 4.69) is 22.9 Å². The monoisotopic (exact) mass is 273 g/mol. The predicted octanol–water partition coefficient (Wildman–Crippen LogP) is -0.678. The fourth-order valence-electron chi connectivity index (χ4n) is 1.24. The second kappa shape index (κ2) is 7.99. The number of ether oxygens (including phenoxy) is 1.